The number of aliphatic carboxylic acids is 1. The van der Waals surface area contributed by atoms with Crippen molar-refractivity contribution in [2.75, 3.05) is 58.3 Å². The Kier molecular flexibility index (Phi) is 11.3. The van der Waals surface area contributed by atoms with E-state index >= 15 is 0 Å². The molecule has 3 heterocycles. The number of nitrogens with one attached hydrogen (secondary N) is 1. The summed E-state index contributed by atoms with van der Waals surface area (Å²) in [7, 11) is 1.51. The number of ether oxygens (including phenoxy) is 2. The van der Waals surface area contributed by atoms with Crippen LogP contribution >= 0.6 is 11.3 Å². The van der Waals surface area contributed by atoms with Crippen LogP contribution < -0.4 is 10.1 Å². The summed E-state index contributed by atoms with van der Waals surface area (Å²) in [5, 5.41) is 15.0. The number of anilines is 1. The van der Waals surface area contributed by atoms with Gasteiger partial charge in [0.2, 0.25) is 5.91 Å². The van der Waals surface area contributed by atoms with E-state index in [9.17, 15) is 32.7 Å². The summed E-state index contributed by atoms with van der Waals surface area (Å²) in [5.41, 5.74) is 1.76. The number of carboxylic acid groups (broad SMARTS) is 1. The third-order valence-corrected chi connectivity index (χ3v) is 11.1. The van der Waals surface area contributed by atoms with Crippen molar-refractivity contribution in [2.45, 2.75) is 62.9 Å². The molecule has 1 aliphatic carbocycles. The number of nitrogens with zero attached hydrogens (tertiary/aromatic N) is 3. The number of hydrogen-bond acceptors (Lipinski definition) is 8. The lowest BCUT2D eigenvalue weighted by Gasteiger charge is -2.38. The average Bonchev–Trinajstić information content (AvgIpc) is 3.73. The molecule has 0 unspecified atom stereocenters. The van der Waals surface area contributed by atoms with E-state index in [1.54, 1.807) is 18.2 Å². The van der Waals surface area contributed by atoms with Gasteiger partial charge in [0.25, 0.3) is 5.91 Å². The highest BCUT2D eigenvalue weighted by molar-refractivity contribution is 7.17. The number of fused-ring (bicyclic) bond motifs is 1. The predicted octanol–water partition coefficient (Wildman–Crippen LogP) is 5.51. The Morgan fingerprint density at radius 1 is 1.02 bits per heavy atom. The lowest BCUT2D eigenvalue weighted by atomic mass is 9.87. The molecular weight excluding hydrogens is 673 g/mol. The molecule has 1 saturated carbocycles. The number of carbonyl (C=O) groups is 3. The number of benzene rings is 2. The van der Waals surface area contributed by atoms with E-state index in [1.165, 1.54) is 23.3 Å². The molecule has 14 heteroatoms. The Labute approximate surface area is 293 Å². The first-order valence-corrected chi connectivity index (χ1v) is 18.0. The molecule has 2 saturated heterocycles. The van der Waals surface area contributed by atoms with Gasteiger partial charge < -0.3 is 24.8 Å². The average molecular weight is 717 g/mol. The number of hydrogen-bond donors (Lipinski definition) is 2. The van der Waals surface area contributed by atoms with Crippen LogP contribution in [0.5, 0.6) is 5.75 Å². The first kappa shape index (κ1) is 36.1. The van der Waals surface area contributed by atoms with Gasteiger partial charge in [-0.2, -0.15) is 13.2 Å². The molecule has 1 aromatic heterocycles. The Bertz CT molecular complexity index is 1670. The van der Waals surface area contributed by atoms with E-state index in [0.717, 1.165) is 10.1 Å². The highest BCUT2D eigenvalue weighted by atomic mass is 32.1. The van der Waals surface area contributed by atoms with Crippen molar-refractivity contribution in [1.82, 2.24) is 14.7 Å². The molecule has 2 aromatic carbocycles. The van der Waals surface area contributed by atoms with Gasteiger partial charge in [-0.3, -0.25) is 24.2 Å². The van der Waals surface area contributed by atoms with E-state index in [2.05, 4.69) is 10.2 Å². The zero-order valence-electron chi connectivity index (χ0n) is 28.0. The monoisotopic (exact) mass is 716 g/mol. The third-order valence-electron chi connectivity index (χ3n) is 10.2. The van der Waals surface area contributed by atoms with Crippen LogP contribution in [0.4, 0.5) is 18.9 Å². The van der Waals surface area contributed by atoms with Gasteiger partial charge in [-0.25, -0.2) is 0 Å². The normalized spacial score (nSPS) is 23.6. The number of piperazine rings is 1. The Balaban J connectivity index is 1.11. The van der Waals surface area contributed by atoms with Gasteiger partial charge >= 0.3 is 12.1 Å². The van der Waals surface area contributed by atoms with Gasteiger partial charge in [-0.05, 0) is 55.9 Å². The van der Waals surface area contributed by atoms with Crippen LogP contribution in [-0.4, -0.2) is 115 Å². The van der Waals surface area contributed by atoms with Crippen LogP contribution in [0.25, 0.3) is 10.1 Å². The molecule has 3 aromatic rings. The topological polar surface area (TPSA) is 112 Å². The maximum Gasteiger partial charge on any atom is 0.401 e. The van der Waals surface area contributed by atoms with Gasteiger partial charge in [0.15, 0.2) is 0 Å². The maximum absolute atomic E-state index is 13.9. The van der Waals surface area contributed by atoms with Crippen LogP contribution in [0.1, 0.15) is 48.0 Å². The molecule has 3 fully saturated rings. The largest absolute Gasteiger partial charge is 0.495 e. The van der Waals surface area contributed by atoms with Crippen molar-refractivity contribution in [3.8, 4) is 5.75 Å². The van der Waals surface area contributed by atoms with E-state index in [4.69, 9.17) is 9.47 Å². The fourth-order valence-electron chi connectivity index (χ4n) is 7.45. The van der Waals surface area contributed by atoms with E-state index in [-0.39, 0.29) is 42.3 Å². The first-order chi connectivity index (χ1) is 24.0. The van der Waals surface area contributed by atoms with Gasteiger partial charge in [0.1, 0.15) is 5.75 Å². The van der Waals surface area contributed by atoms with E-state index < -0.39 is 18.7 Å². The first-order valence-electron chi connectivity index (χ1n) is 17.1. The standard InChI is InChI=1S/C36H43F3N4O6S/c1-48-31-16-23(6-11-30(31)40-34(45)29-21-50-32-5-3-2-4-28(29)32)17-33(44)43-19-25(42-14-12-41(13-15-42)22-36(37,38)39)18-26(43)20-49-27-9-7-24(8-10-27)35(46)47/h2-6,11,16,21,24-27H,7-10,12-15,17-20,22H2,1H3,(H,40,45)(H,46,47)/t24?,25-,26-,27?/m0/s1. The quantitative estimate of drug-likeness (QED) is 0.267. The molecule has 3 aliphatic rings. The van der Waals surface area contributed by atoms with Crippen LogP contribution in [0.15, 0.2) is 47.8 Å². The molecular formula is C36H43F3N4O6S. The predicted molar refractivity (Wildman–Crippen MR) is 184 cm³/mol. The fourth-order valence-corrected chi connectivity index (χ4v) is 8.39. The summed E-state index contributed by atoms with van der Waals surface area (Å²) in [5.74, 6) is -1.07. The summed E-state index contributed by atoms with van der Waals surface area (Å²) in [6, 6.07) is 12.7. The second-order valence-corrected chi connectivity index (χ2v) is 14.4. The summed E-state index contributed by atoms with van der Waals surface area (Å²) in [6.45, 7) is 1.42. The number of likely N-dealkylation sites (tertiary alicyclic amines) is 1. The summed E-state index contributed by atoms with van der Waals surface area (Å²) in [6.07, 6.45) is -1.18. The Morgan fingerprint density at radius 3 is 2.46 bits per heavy atom. The van der Waals surface area contributed by atoms with E-state index in [0.29, 0.717) is 94.0 Å². The minimum Gasteiger partial charge on any atom is -0.495 e. The van der Waals surface area contributed by atoms with Gasteiger partial charge in [0, 0.05) is 54.2 Å². The number of rotatable bonds is 11. The molecule has 50 heavy (non-hydrogen) atoms. The highest BCUT2D eigenvalue weighted by Crippen LogP contribution is 2.32. The zero-order valence-corrected chi connectivity index (χ0v) is 28.8. The molecule has 10 nitrogen and oxygen atoms in total. The SMILES string of the molecule is COc1cc(CC(=O)N2C[C@@H](N3CCN(CC(F)(F)F)CC3)C[C@H]2COC2CCC(C(=O)O)CC2)ccc1NC(=O)c1csc2ccccc12. The molecule has 2 amide bonds. The molecule has 2 aliphatic heterocycles. The van der Waals surface area contributed by atoms with Crippen molar-refractivity contribution in [3.05, 3.63) is 59.0 Å². The number of amides is 2. The number of halogens is 3. The molecule has 0 spiro atoms. The van der Waals surface area contributed by atoms with Crippen molar-refractivity contribution >= 4 is 44.9 Å². The number of methoxy groups -OCH3 is 1. The van der Waals surface area contributed by atoms with Crippen LogP contribution in [0.2, 0.25) is 0 Å². The Hall–Kier alpha value is -3.72. The Morgan fingerprint density at radius 2 is 1.76 bits per heavy atom. The minimum atomic E-state index is -4.24. The summed E-state index contributed by atoms with van der Waals surface area (Å²) < 4.78 is 51.8. The number of alkyl halides is 3. The highest BCUT2D eigenvalue weighted by Gasteiger charge is 2.40. The molecule has 2 atom stereocenters. The number of thiophene rings is 1. The van der Waals surface area contributed by atoms with Crippen molar-refractivity contribution in [1.29, 1.82) is 0 Å². The van der Waals surface area contributed by atoms with Gasteiger partial charge in [-0.15, -0.1) is 11.3 Å². The van der Waals surface area contributed by atoms with Crippen LogP contribution in [0.3, 0.4) is 0 Å². The summed E-state index contributed by atoms with van der Waals surface area (Å²) >= 11 is 1.50. The lowest BCUT2D eigenvalue weighted by molar-refractivity contribution is -0.150. The molecule has 0 bridgehead atoms. The second-order valence-electron chi connectivity index (χ2n) is 13.5. The molecule has 0 radical (unpaired) electrons. The van der Waals surface area contributed by atoms with Gasteiger partial charge in [-0.1, -0.05) is 24.3 Å². The third kappa shape index (κ3) is 8.76. The van der Waals surface area contributed by atoms with Crippen LogP contribution in [-0.2, 0) is 20.7 Å². The zero-order chi connectivity index (χ0) is 35.4. The number of carboxylic acids is 1. The van der Waals surface area contributed by atoms with Crippen molar-refractivity contribution in [3.63, 3.8) is 0 Å². The fraction of sp³-hybridized carbons (Fsp3) is 0.528. The smallest absolute Gasteiger partial charge is 0.401 e. The summed E-state index contributed by atoms with van der Waals surface area (Å²) in [4.78, 5) is 43.9. The molecule has 6 rings (SSSR count). The number of carbonyl (C=O) groups excluding carboxylic acids is 2. The lowest BCUT2D eigenvalue weighted by Crippen LogP contribution is -2.52. The van der Waals surface area contributed by atoms with Gasteiger partial charge in [0.05, 0.1) is 56.0 Å². The van der Waals surface area contributed by atoms with Crippen molar-refractivity contribution in [2.24, 2.45) is 5.92 Å². The van der Waals surface area contributed by atoms with Crippen LogP contribution in [0, 0.1) is 5.92 Å². The second kappa shape index (κ2) is 15.7. The maximum atomic E-state index is 13.9. The molecule has 2 N–H and O–H groups in total. The van der Waals surface area contributed by atoms with E-state index in [1.807, 2.05) is 34.5 Å². The van der Waals surface area contributed by atoms with Crippen molar-refractivity contribution < 1.29 is 42.1 Å². The minimum absolute atomic E-state index is 0.0105. The molecule has 270 valence electrons.